The second-order valence-electron chi connectivity index (χ2n) is 27.8. The molecule has 0 aromatic carbocycles. The van der Waals surface area contributed by atoms with Crippen molar-refractivity contribution in [2.45, 2.75) is 388 Å². The van der Waals surface area contributed by atoms with Crippen LogP contribution < -0.4 is 0 Å². The lowest BCUT2D eigenvalue weighted by atomic mass is 10.0. The van der Waals surface area contributed by atoms with Gasteiger partial charge in [0.2, 0.25) is 0 Å². The Bertz CT molecular complexity index is 1800. The second-order valence-corrected chi connectivity index (χ2v) is 30.7. The van der Waals surface area contributed by atoms with Gasteiger partial charge in [0.25, 0.3) is 0 Å². The molecule has 0 spiro atoms. The van der Waals surface area contributed by atoms with Gasteiger partial charge in [-0.3, -0.25) is 37.3 Å². The number of hydrogen-bond donors (Lipinski definition) is 3. The molecule has 3 N–H and O–H groups in total. The third kappa shape index (κ3) is 66.7. The zero-order chi connectivity index (χ0) is 68.0. The first-order valence-electron chi connectivity index (χ1n) is 37.8. The molecule has 0 fully saturated rings. The van der Waals surface area contributed by atoms with Gasteiger partial charge >= 0.3 is 39.5 Å². The van der Waals surface area contributed by atoms with E-state index in [1.807, 2.05) is 0 Å². The third-order valence-electron chi connectivity index (χ3n) is 16.9. The standard InChI is InChI=1S/C73H142O17P2/c1-8-9-10-11-12-13-14-15-16-17-18-23-28-33-42-49-56-72(77)89-68(60-83-70(75)54-47-40-32-27-22-20-19-21-25-30-37-44-51-64(2)3)62-87-91(79,80)85-58-67(74)59-86-92(81,82)88-63-69(61-84-71(76)55-48-41-36-35-39-46-53-66(6)7)90-73(78)57-50-43-34-29-24-26-31-38-45-52-65(4)5/h64-69,74H,8-63H2,1-7H3,(H,79,80)(H,81,82)/t67-,68-,69-/m1/s1. The van der Waals surface area contributed by atoms with Crippen LogP contribution in [0.3, 0.4) is 0 Å². The lowest BCUT2D eigenvalue weighted by molar-refractivity contribution is -0.161. The molecule has 0 bridgehead atoms. The predicted octanol–water partition coefficient (Wildman–Crippen LogP) is 21.0. The zero-order valence-corrected chi connectivity index (χ0v) is 61.8. The van der Waals surface area contributed by atoms with E-state index in [4.69, 9.17) is 37.0 Å². The number of aliphatic hydroxyl groups is 1. The predicted molar refractivity (Wildman–Crippen MR) is 372 cm³/mol. The van der Waals surface area contributed by atoms with E-state index in [0.717, 1.165) is 108 Å². The smallest absolute Gasteiger partial charge is 0.462 e. The van der Waals surface area contributed by atoms with Crippen LogP contribution in [0.2, 0.25) is 0 Å². The van der Waals surface area contributed by atoms with Crippen LogP contribution in [0.25, 0.3) is 0 Å². The highest BCUT2D eigenvalue weighted by molar-refractivity contribution is 7.47. The first-order chi connectivity index (χ1) is 44.2. The highest BCUT2D eigenvalue weighted by atomic mass is 31.2. The quantitative estimate of drug-likeness (QED) is 0.0222. The maximum absolute atomic E-state index is 13.1. The normalized spacial score (nSPS) is 14.1. The van der Waals surface area contributed by atoms with E-state index in [1.165, 1.54) is 173 Å². The van der Waals surface area contributed by atoms with Crippen LogP contribution in [-0.2, 0) is 65.4 Å². The topological polar surface area (TPSA) is 237 Å². The van der Waals surface area contributed by atoms with Gasteiger partial charge in [0.1, 0.15) is 19.3 Å². The van der Waals surface area contributed by atoms with Crippen molar-refractivity contribution in [1.82, 2.24) is 0 Å². The fourth-order valence-corrected chi connectivity index (χ4v) is 12.7. The number of carbonyl (C=O) groups is 4. The molecule has 546 valence electrons. The van der Waals surface area contributed by atoms with Crippen LogP contribution in [0.15, 0.2) is 0 Å². The van der Waals surface area contributed by atoms with Crippen LogP contribution in [0.4, 0.5) is 0 Å². The number of aliphatic hydroxyl groups excluding tert-OH is 1. The van der Waals surface area contributed by atoms with Gasteiger partial charge in [-0.25, -0.2) is 9.13 Å². The lowest BCUT2D eigenvalue weighted by Crippen LogP contribution is -2.30. The summed E-state index contributed by atoms with van der Waals surface area (Å²) >= 11 is 0. The minimum Gasteiger partial charge on any atom is -0.462 e. The van der Waals surface area contributed by atoms with E-state index in [9.17, 15) is 43.2 Å². The molecule has 0 heterocycles. The molecule has 19 heteroatoms. The second kappa shape index (κ2) is 63.8. The number of ether oxygens (including phenoxy) is 4. The molecule has 0 aromatic heterocycles. The van der Waals surface area contributed by atoms with E-state index in [2.05, 4.69) is 48.5 Å². The SMILES string of the molecule is CCCCCCCCCCCCCCCCCCC(=O)O[C@H](COC(=O)CCCCCCCCCCCCCCC(C)C)COP(=O)(O)OC[C@@H](O)COP(=O)(O)OC[C@@H](COC(=O)CCCCCCCCC(C)C)OC(=O)CCCCCCCCCCCC(C)C. The summed E-state index contributed by atoms with van der Waals surface area (Å²) in [7, 11) is -9.91. The Hall–Kier alpha value is -1.94. The first-order valence-corrected chi connectivity index (χ1v) is 40.8. The van der Waals surface area contributed by atoms with Crippen molar-refractivity contribution in [2.24, 2.45) is 17.8 Å². The van der Waals surface area contributed by atoms with Crippen LogP contribution in [0.5, 0.6) is 0 Å². The Morgan fingerprint density at radius 2 is 0.500 bits per heavy atom. The molecule has 0 radical (unpaired) electrons. The highest BCUT2D eigenvalue weighted by Crippen LogP contribution is 2.45. The van der Waals surface area contributed by atoms with Gasteiger partial charge in [0.05, 0.1) is 26.4 Å². The molecule has 0 saturated heterocycles. The summed E-state index contributed by atoms with van der Waals surface area (Å²) in [6, 6.07) is 0. The number of phosphoric ester groups is 2. The van der Waals surface area contributed by atoms with Crippen molar-refractivity contribution in [2.75, 3.05) is 39.6 Å². The Morgan fingerprint density at radius 3 is 0.739 bits per heavy atom. The summed E-state index contributed by atoms with van der Waals surface area (Å²) in [4.78, 5) is 72.6. The van der Waals surface area contributed by atoms with Crippen LogP contribution in [-0.4, -0.2) is 96.7 Å². The van der Waals surface area contributed by atoms with Crippen LogP contribution in [0, 0.1) is 17.8 Å². The molecule has 92 heavy (non-hydrogen) atoms. The van der Waals surface area contributed by atoms with Gasteiger partial charge in [0.15, 0.2) is 12.2 Å². The highest BCUT2D eigenvalue weighted by Gasteiger charge is 2.30. The van der Waals surface area contributed by atoms with Crippen molar-refractivity contribution in [1.29, 1.82) is 0 Å². The van der Waals surface area contributed by atoms with Gasteiger partial charge in [-0.1, -0.05) is 318 Å². The largest absolute Gasteiger partial charge is 0.472 e. The van der Waals surface area contributed by atoms with E-state index in [1.54, 1.807) is 0 Å². The van der Waals surface area contributed by atoms with E-state index in [-0.39, 0.29) is 25.7 Å². The third-order valence-corrected chi connectivity index (χ3v) is 18.8. The van der Waals surface area contributed by atoms with E-state index in [0.29, 0.717) is 31.6 Å². The number of unbranched alkanes of at least 4 members (excludes halogenated alkanes) is 39. The van der Waals surface area contributed by atoms with Crippen LogP contribution in [0.1, 0.15) is 370 Å². The fourth-order valence-electron chi connectivity index (χ4n) is 11.1. The van der Waals surface area contributed by atoms with Crippen molar-refractivity contribution in [3.05, 3.63) is 0 Å². The summed E-state index contributed by atoms with van der Waals surface area (Å²) in [5.74, 6) is 0.0742. The van der Waals surface area contributed by atoms with Crippen LogP contribution >= 0.6 is 15.6 Å². The maximum Gasteiger partial charge on any atom is 0.472 e. The van der Waals surface area contributed by atoms with Crippen molar-refractivity contribution < 1.29 is 80.2 Å². The number of phosphoric acid groups is 2. The van der Waals surface area contributed by atoms with Gasteiger partial charge in [0, 0.05) is 25.7 Å². The number of esters is 4. The number of rotatable bonds is 71. The average molecular weight is 1350 g/mol. The Labute approximate surface area is 562 Å². The van der Waals surface area contributed by atoms with Crippen molar-refractivity contribution in [3.8, 4) is 0 Å². The molecule has 0 rings (SSSR count). The zero-order valence-electron chi connectivity index (χ0n) is 60.0. The van der Waals surface area contributed by atoms with E-state index < -0.39 is 97.5 Å². The average Bonchev–Trinajstić information content (AvgIpc) is 1.76. The summed E-state index contributed by atoms with van der Waals surface area (Å²) < 4.78 is 68.4. The molecule has 0 amide bonds. The monoisotopic (exact) mass is 1350 g/mol. The molecule has 0 aliphatic carbocycles. The van der Waals surface area contributed by atoms with Gasteiger partial charge < -0.3 is 33.8 Å². The molecule has 2 unspecified atom stereocenters. The summed E-state index contributed by atoms with van der Waals surface area (Å²) in [5, 5.41) is 10.6. The minimum atomic E-state index is -4.96. The summed E-state index contributed by atoms with van der Waals surface area (Å²) in [6.45, 7) is 11.8. The fraction of sp³-hybridized carbons (Fsp3) is 0.945. The molecule has 17 nitrogen and oxygen atoms in total. The lowest BCUT2D eigenvalue weighted by Gasteiger charge is -2.21. The number of carbonyl (C=O) groups excluding carboxylic acids is 4. The first kappa shape index (κ1) is 90.1. The van der Waals surface area contributed by atoms with Crippen molar-refractivity contribution >= 4 is 39.5 Å². The Morgan fingerprint density at radius 1 is 0.293 bits per heavy atom. The van der Waals surface area contributed by atoms with Gasteiger partial charge in [-0.15, -0.1) is 0 Å². The molecular formula is C73H142O17P2. The minimum absolute atomic E-state index is 0.104. The summed E-state index contributed by atoms with van der Waals surface area (Å²) in [6.07, 6.45) is 48.7. The molecular weight excluding hydrogens is 1210 g/mol. The van der Waals surface area contributed by atoms with Gasteiger partial charge in [-0.05, 0) is 43.4 Å². The Balaban J connectivity index is 5.24. The van der Waals surface area contributed by atoms with Crippen molar-refractivity contribution in [3.63, 3.8) is 0 Å². The molecule has 0 aromatic rings. The molecule has 0 aliphatic heterocycles. The summed E-state index contributed by atoms with van der Waals surface area (Å²) in [5.41, 5.74) is 0. The number of hydrogen-bond acceptors (Lipinski definition) is 15. The Kier molecular flexibility index (Phi) is 62.4. The molecule has 5 atom stereocenters. The van der Waals surface area contributed by atoms with E-state index >= 15 is 0 Å². The molecule has 0 saturated carbocycles. The molecule has 0 aliphatic rings. The maximum atomic E-state index is 13.1. The van der Waals surface area contributed by atoms with Gasteiger partial charge in [-0.2, -0.15) is 0 Å².